The molecular weight excluding hydrogens is 194 g/mol. The lowest BCUT2D eigenvalue weighted by Gasteiger charge is -2.36. The average molecular weight is 211 g/mol. The molecule has 2 bridgehead atoms. The van der Waals surface area contributed by atoms with E-state index < -0.39 is 5.97 Å². The van der Waals surface area contributed by atoms with E-state index in [4.69, 9.17) is 9.84 Å². The normalized spacial score (nSPS) is 49.3. The number of hydrogen-bond donors (Lipinski definition) is 1. The summed E-state index contributed by atoms with van der Waals surface area (Å²) in [5.74, 6) is -0.302. The van der Waals surface area contributed by atoms with Crippen molar-refractivity contribution >= 4 is 5.97 Å². The Morgan fingerprint density at radius 3 is 2.80 bits per heavy atom. The van der Waals surface area contributed by atoms with Crippen LogP contribution in [0.4, 0.5) is 0 Å². The second-order valence-corrected chi connectivity index (χ2v) is 5.06. The first-order valence-electron chi connectivity index (χ1n) is 5.78. The highest BCUT2D eigenvalue weighted by Crippen LogP contribution is 2.48. The van der Waals surface area contributed by atoms with E-state index in [0.717, 1.165) is 26.0 Å². The molecule has 0 radical (unpaired) electrons. The third-order valence-corrected chi connectivity index (χ3v) is 4.39. The highest BCUT2D eigenvalue weighted by atomic mass is 16.5. The van der Waals surface area contributed by atoms with Crippen molar-refractivity contribution in [3.05, 3.63) is 0 Å². The summed E-state index contributed by atoms with van der Waals surface area (Å²) in [5.41, 5.74) is 0. The molecule has 3 aliphatic heterocycles. The van der Waals surface area contributed by atoms with E-state index in [1.165, 1.54) is 0 Å². The van der Waals surface area contributed by atoms with E-state index in [1.807, 2.05) is 0 Å². The first kappa shape index (κ1) is 9.60. The fourth-order valence-corrected chi connectivity index (χ4v) is 3.56. The van der Waals surface area contributed by atoms with E-state index in [0.29, 0.717) is 18.0 Å². The molecular formula is C11H17NO3. The molecule has 84 valence electrons. The molecule has 0 amide bonds. The Balaban J connectivity index is 1.73. The molecule has 4 rings (SSSR count). The van der Waals surface area contributed by atoms with Gasteiger partial charge in [0.1, 0.15) is 0 Å². The van der Waals surface area contributed by atoms with Gasteiger partial charge in [0.25, 0.3) is 0 Å². The molecule has 5 atom stereocenters. The Hall–Kier alpha value is -0.610. The number of fused-ring (bicyclic) bond motifs is 1. The van der Waals surface area contributed by atoms with E-state index in [2.05, 4.69) is 11.8 Å². The molecule has 0 spiro atoms. The van der Waals surface area contributed by atoms with Crippen LogP contribution in [-0.4, -0.2) is 47.3 Å². The van der Waals surface area contributed by atoms with E-state index >= 15 is 0 Å². The number of ether oxygens (including phenoxy) is 1. The third-order valence-electron chi connectivity index (χ3n) is 4.39. The van der Waals surface area contributed by atoms with Gasteiger partial charge in [-0.3, -0.25) is 9.69 Å². The summed E-state index contributed by atoms with van der Waals surface area (Å²) in [4.78, 5) is 13.4. The predicted molar refractivity (Wildman–Crippen MR) is 53.5 cm³/mol. The lowest BCUT2D eigenvalue weighted by atomic mass is 9.74. The van der Waals surface area contributed by atoms with E-state index in [-0.39, 0.29) is 12.0 Å². The van der Waals surface area contributed by atoms with Gasteiger partial charge in [0, 0.05) is 25.2 Å². The maximum absolute atomic E-state index is 11.0. The molecule has 5 unspecified atom stereocenters. The number of carbonyl (C=O) groups is 1. The van der Waals surface area contributed by atoms with Crippen LogP contribution >= 0.6 is 0 Å². The smallest absolute Gasteiger partial charge is 0.308 e. The van der Waals surface area contributed by atoms with Gasteiger partial charge in [-0.05, 0) is 25.7 Å². The fraction of sp³-hybridized carbons (Fsp3) is 0.909. The van der Waals surface area contributed by atoms with Gasteiger partial charge in [0.2, 0.25) is 0 Å². The first-order valence-corrected chi connectivity index (χ1v) is 5.78. The van der Waals surface area contributed by atoms with Crippen molar-refractivity contribution < 1.29 is 14.6 Å². The minimum absolute atomic E-state index is 0.0993. The Morgan fingerprint density at radius 2 is 2.27 bits per heavy atom. The van der Waals surface area contributed by atoms with Crippen molar-refractivity contribution in [1.29, 1.82) is 0 Å². The highest BCUT2D eigenvalue weighted by Gasteiger charge is 2.57. The quantitative estimate of drug-likeness (QED) is 0.725. The van der Waals surface area contributed by atoms with Crippen molar-refractivity contribution in [3.8, 4) is 0 Å². The minimum Gasteiger partial charge on any atom is -0.481 e. The van der Waals surface area contributed by atoms with Crippen LogP contribution < -0.4 is 0 Å². The summed E-state index contributed by atoms with van der Waals surface area (Å²) in [6.07, 6.45) is 2.43. The number of rotatable bonds is 2. The molecule has 4 heteroatoms. The number of aliphatic carboxylic acids is 1. The molecule has 3 saturated heterocycles. The first-order chi connectivity index (χ1) is 7.18. The topological polar surface area (TPSA) is 49.8 Å². The maximum Gasteiger partial charge on any atom is 0.308 e. The Labute approximate surface area is 89.2 Å². The van der Waals surface area contributed by atoms with Crippen molar-refractivity contribution in [2.45, 2.75) is 38.0 Å². The van der Waals surface area contributed by atoms with Crippen molar-refractivity contribution in [2.75, 3.05) is 13.2 Å². The van der Waals surface area contributed by atoms with Gasteiger partial charge in [-0.25, -0.2) is 0 Å². The molecule has 4 aliphatic rings. The summed E-state index contributed by atoms with van der Waals surface area (Å²) in [6, 6.07) is 0.756. The number of carboxylic acids is 1. The van der Waals surface area contributed by atoms with Crippen LogP contribution in [0.3, 0.4) is 0 Å². The summed E-state index contributed by atoms with van der Waals surface area (Å²) < 4.78 is 5.55. The van der Waals surface area contributed by atoms with Gasteiger partial charge in [0.15, 0.2) is 0 Å². The van der Waals surface area contributed by atoms with Gasteiger partial charge >= 0.3 is 5.97 Å². The zero-order valence-corrected chi connectivity index (χ0v) is 8.93. The van der Waals surface area contributed by atoms with Gasteiger partial charge in [0.05, 0.1) is 12.0 Å². The van der Waals surface area contributed by atoms with E-state index in [1.54, 1.807) is 0 Å². The number of hydrogen-bond acceptors (Lipinski definition) is 3. The molecule has 0 aromatic heterocycles. The number of carboxylic acid groups (broad SMARTS) is 1. The molecule has 4 fully saturated rings. The lowest BCUT2D eigenvalue weighted by Crippen LogP contribution is -2.47. The molecule has 1 saturated carbocycles. The molecule has 1 aliphatic carbocycles. The summed E-state index contributed by atoms with van der Waals surface area (Å²) in [6.45, 7) is 3.90. The number of nitrogens with zero attached hydrogens (tertiary/aromatic N) is 1. The zero-order valence-electron chi connectivity index (χ0n) is 8.93. The fourth-order valence-electron chi connectivity index (χ4n) is 3.56. The molecule has 15 heavy (non-hydrogen) atoms. The van der Waals surface area contributed by atoms with Crippen molar-refractivity contribution in [2.24, 2.45) is 11.8 Å². The monoisotopic (exact) mass is 211 g/mol. The molecule has 3 heterocycles. The Kier molecular flexibility index (Phi) is 2.04. The van der Waals surface area contributed by atoms with Crippen LogP contribution in [0, 0.1) is 11.8 Å². The predicted octanol–water partition coefficient (Wildman–Crippen LogP) is 0.569. The highest BCUT2D eigenvalue weighted by molar-refractivity contribution is 5.73. The SMILES string of the molecule is CC1OCCC1N1CC2CC1C2C(=O)O. The van der Waals surface area contributed by atoms with Crippen LogP contribution in [0.15, 0.2) is 0 Å². The van der Waals surface area contributed by atoms with Crippen LogP contribution in [0.5, 0.6) is 0 Å². The van der Waals surface area contributed by atoms with Crippen LogP contribution in [-0.2, 0) is 9.53 Å². The molecule has 4 nitrogen and oxygen atoms in total. The molecule has 1 N–H and O–H groups in total. The maximum atomic E-state index is 11.0. The molecule has 0 aromatic rings. The van der Waals surface area contributed by atoms with Crippen LogP contribution in [0.2, 0.25) is 0 Å². The van der Waals surface area contributed by atoms with Crippen molar-refractivity contribution in [3.63, 3.8) is 0 Å². The average Bonchev–Trinajstić information content (AvgIpc) is 2.73. The second kappa shape index (κ2) is 3.19. The zero-order chi connectivity index (χ0) is 10.6. The third kappa shape index (κ3) is 1.24. The standard InChI is InChI=1S/C11H17NO3/c1-6-8(2-3-15-6)12-5-7-4-9(12)10(7)11(13)14/h6-10H,2-5H2,1H3,(H,13,14). The van der Waals surface area contributed by atoms with Crippen LogP contribution in [0.25, 0.3) is 0 Å². The second-order valence-electron chi connectivity index (χ2n) is 5.06. The van der Waals surface area contributed by atoms with Gasteiger partial charge in [-0.2, -0.15) is 0 Å². The summed E-state index contributed by atoms with van der Waals surface area (Å²) >= 11 is 0. The van der Waals surface area contributed by atoms with Gasteiger partial charge < -0.3 is 9.84 Å². The molecule has 0 aromatic carbocycles. The van der Waals surface area contributed by atoms with Crippen molar-refractivity contribution in [1.82, 2.24) is 4.90 Å². The van der Waals surface area contributed by atoms with Gasteiger partial charge in [-0.1, -0.05) is 0 Å². The summed E-state index contributed by atoms with van der Waals surface area (Å²) in [5, 5.41) is 9.08. The lowest BCUT2D eigenvalue weighted by molar-refractivity contribution is -0.147. The largest absolute Gasteiger partial charge is 0.481 e. The van der Waals surface area contributed by atoms with Crippen LogP contribution in [0.1, 0.15) is 19.8 Å². The van der Waals surface area contributed by atoms with E-state index in [9.17, 15) is 4.79 Å². The van der Waals surface area contributed by atoms with Gasteiger partial charge in [-0.15, -0.1) is 0 Å². The Morgan fingerprint density at radius 1 is 1.47 bits per heavy atom. The Bertz CT molecular complexity index is 294. The minimum atomic E-state index is -0.606. The summed E-state index contributed by atoms with van der Waals surface area (Å²) in [7, 11) is 0.